The van der Waals surface area contributed by atoms with Crippen LogP contribution in [0.2, 0.25) is 5.02 Å². The summed E-state index contributed by atoms with van der Waals surface area (Å²) >= 11 is 6.06. The van der Waals surface area contributed by atoms with E-state index in [1.807, 2.05) is 26.0 Å². The zero-order valence-electron chi connectivity index (χ0n) is 20.3. The van der Waals surface area contributed by atoms with Crippen molar-refractivity contribution in [3.8, 4) is 11.5 Å². The molecule has 0 aliphatic rings. The highest BCUT2D eigenvalue weighted by atomic mass is 35.5. The van der Waals surface area contributed by atoms with Crippen LogP contribution < -0.4 is 14.8 Å². The summed E-state index contributed by atoms with van der Waals surface area (Å²) in [4.78, 5) is 25.4. The van der Waals surface area contributed by atoms with Crippen LogP contribution in [0.15, 0.2) is 60.7 Å². The first-order chi connectivity index (χ1) is 17.2. The van der Waals surface area contributed by atoms with E-state index >= 15 is 0 Å². The predicted molar refractivity (Wildman–Crippen MR) is 138 cm³/mol. The minimum atomic E-state index is -0.532. The van der Waals surface area contributed by atoms with E-state index in [1.54, 1.807) is 48.5 Å². The molecule has 0 atom stereocenters. The highest BCUT2D eigenvalue weighted by Crippen LogP contribution is 2.29. The van der Waals surface area contributed by atoms with E-state index in [9.17, 15) is 9.59 Å². The maximum atomic E-state index is 12.7. The fourth-order valence-electron chi connectivity index (χ4n) is 3.72. The number of methoxy groups -OCH3 is 2. The fourth-order valence-corrected chi connectivity index (χ4v) is 3.90. The Morgan fingerprint density at radius 3 is 2.39 bits per heavy atom. The minimum absolute atomic E-state index is 0.137. The lowest BCUT2D eigenvalue weighted by molar-refractivity contribution is 0.0422. The van der Waals surface area contributed by atoms with Gasteiger partial charge in [-0.25, -0.2) is 4.79 Å². The van der Waals surface area contributed by atoms with Crippen molar-refractivity contribution in [3.63, 3.8) is 0 Å². The number of rotatable bonds is 8. The molecule has 4 rings (SSSR count). The lowest BCUT2D eigenvalue weighted by atomic mass is 9.85. The first-order valence-electron chi connectivity index (χ1n) is 11.2. The van der Waals surface area contributed by atoms with E-state index in [0.717, 1.165) is 5.56 Å². The van der Waals surface area contributed by atoms with E-state index in [-0.39, 0.29) is 18.2 Å². The number of esters is 1. The summed E-state index contributed by atoms with van der Waals surface area (Å²) in [6.07, 6.45) is 0. The van der Waals surface area contributed by atoms with Crippen LogP contribution in [-0.2, 0) is 10.2 Å². The third-order valence-corrected chi connectivity index (χ3v) is 6.09. The Morgan fingerprint density at radius 1 is 0.972 bits per heavy atom. The molecular weight excluding hydrogens is 482 g/mol. The Morgan fingerprint density at radius 2 is 1.69 bits per heavy atom. The summed E-state index contributed by atoms with van der Waals surface area (Å²) in [5.41, 5.74) is 2.43. The molecule has 36 heavy (non-hydrogen) atoms. The summed E-state index contributed by atoms with van der Waals surface area (Å²) in [7, 11) is 3.06. The van der Waals surface area contributed by atoms with Gasteiger partial charge in [-0.05, 0) is 54.1 Å². The van der Waals surface area contributed by atoms with Crippen LogP contribution in [0, 0.1) is 0 Å². The number of amides is 1. The predicted octanol–water partition coefficient (Wildman–Crippen LogP) is 5.62. The summed E-state index contributed by atoms with van der Waals surface area (Å²) in [6, 6.07) is 17.5. The smallest absolute Gasteiger partial charge is 0.359 e. The number of fused-ring (bicyclic) bond motifs is 1. The zero-order valence-corrected chi connectivity index (χ0v) is 21.1. The van der Waals surface area contributed by atoms with Crippen LogP contribution in [0.4, 0.5) is 5.69 Å². The van der Waals surface area contributed by atoms with E-state index in [0.29, 0.717) is 38.7 Å². The molecule has 9 heteroatoms. The first-order valence-corrected chi connectivity index (χ1v) is 11.5. The molecule has 0 bridgehead atoms. The zero-order chi connectivity index (χ0) is 25.9. The Bertz CT molecular complexity index is 1410. The Balaban J connectivity index is 1.40. The van der Waals surface area contributed by atoms with Crippen molar-refractivity contribution in [2.75, 3.05) is 26.1 Å². The molecule has 3 aromatic carbocycles. The van der Waals surface area contributed by atoms with Crippen molar-refractivity contribution >= 4 is 40.1 Å². The van der Waals surface area contributed by atoms with Crippen LogP contribution in [0.3, 0.4) is 0 Å². The summed E-state index contributed by atoms with van der Waals surface area (Å²) in [5.74, 6) is 0.215. The van der Waals surface area contributed by atoms with Crippen molar-refractivity contribution in [2.24, 2.45) is 0 Å². The number of aromatic amines is 1. The van der Waals surface area contributed by atoms with Crippen LogP contribution in [-0.4, -0.2) is 42.9 Å². The molecule has 0 aliphatic heterocycles. The van der Waals surface area contributed by atoms with Crippen molar-refractivity contribution in [3.05, 3.63) is 82.5 Å². The van der Waals surface area contributed by atoms with Gasteiger partial charge in [-0.2, -0.15) is 5.10 Å². The second kappa shape index (κ2) is 10.3. The molecule has 0 spiro atoms. The van der Waals surface area contributed by atoms with Gasteiger partial charge in [0.2, 0.25) is 0 Å². The number of ether oxygens (including phenoxy) is 3. The molecule has 1 aromatic heterocycles. The molecule has 0 saturated heterocycles. The molecule has 2 N–H and O–H groups in total. The highest BCUT2D eigenvalue weighted by molar-refractivity contribution is 6.31. The second-order valence-corrected chi connectivity index (χ2v) is 9.26. The minimum Gasteiger partial charge on any atom is -0.493 e. The maximum absolute atomic E-state index is 12.7. The number of nitrogens with one attached hydrogen (secondary N) is 2. The molecule has 0 saturated carbocycles. The lowest BCUT2D eigenvalue weighted by Gasteiger charge is -2.25. The van der Waals surface area contributed by atoms with Gasteiger partial charge >= 0.3 is 5.97 Å². The van der Waals surface area contributed by atoms with Gasteiger partial charge in [0, 0.05) is 27.1 Å². The molecule has 1 heterocycles. The third kappa shape index (κ3) is 5.28. The van der Waals surface area contributed by atoms with Gasteiger partial charge in [-0.1, -0.05) is 37.6 Å². The van der Waals surface area contributed by atoms with E-state index in [2.05, 4.69) is 15.5 Å². The molecule has 0 fully saturated rings. The number of benzene rings is 3. The molecule has 8 nitrogen and oxygen atoms in total. The quantitative estimate of drug-likeness (QED) is 0.300. The SMILES string of the molecule is COc1ccc(C(=O)Nc2ccc(C(C)(C)COC(=O)c3n[nH]c4ccc(Cl)cc34)cc2)cc1OC. The number of carbonyl (C=O) groups excluding carboxylic acids is 2. The molecule has 0 aliphatic carbocycles. The first kappa shape index (κ1) is 25.1. The average Bonchev–Trinajstić information content (AvgIpc) is 3.30. The summed E-state index contributed by atoms with van der Waals surface area (Å²) in [6.45, 7) is 4.08. The Labute approximate surface area is 213 Å². The third-order valence-electron chi connectivity index (χ3n) is 5.85. The average molecular weight is 508 g/mol. The number of anilines is 1. The summed E-state index contributed by atoms with van der Waals surface area (Å²) in [5, 5.41) is 10.9. The Kier molecular flexibility index (Phi) is 7.17. The van der Waals surface area contributed by atoms with Gasteiger partial charge in [-0.15, -0.1) is 0 Å². The molecular formula is C27H26ClN3O5. The van der Waals surface area contributed by atoms with Gasteiger partial charge in [0.05, 0.1) is 19.7 Å². The number of H-pyrrole nitrogens is 1. The second-order valence-electron chi connectivity index (χ2n) is 8.82. The number of hydrogen-bond acceptors (Lipinski definition) is 6. The standard InChI is InChI=1S/C27H26ClN3O5/c1-27(2,15-36-26(33)24-20-14-18(28)8-11-21(20)30-31-24)17-6-9-19(10-7-17)29-25(32)16-5-12-22(34-3)23(13-16)35-4/h5-14H,15H2,1-4H3,(H,29,32)(H,30,31). The Hall–Kier alpha value is -4.04. The van der Waals surface area contributed by atoms with E-state index in [1.165, 1.54) is 14.2 Å². The largest absolute Gasteiger partial charge is 0.493 e. The van der Waals surface area contributed by atoms with Crippen molar-refractivity contribution in [1.29, 1.82) is 0 Å². The monoisotopic (exact) mass is 507 g/mol. The molecule has 4 aromatic rings. The number of carbonyl (C=O) groups is 2. The molecule has 0 unspecified atom stereocenters. The maximum Gasteiger partial charge on any atom is 0.359 e. The van der Waals surface area contributed by atoms with Crippen molar-refractivity contribution in [2.45, 2.75) is 19.3 Å². The fraction of sp³-hybridized carbons (Fsp3) is 0.222. The van der Waals surface area contributed by atoms with Gasteiger partial charge < -0.3 is 19.5 Å². The lowest BCUT2D eigenvalue weighted by Crippen LogP contribution is -2.26. The van der Waals surface area contributed by atoms with Gasteiger partial charge in [0.1, 0.15) is 6.61 Å². The molecule has 1 amide bonds. The number of aromatic nitrogens is 2. The highest BCUT2D eigenvalue weighted by Gasteiger charge is 2.25. The normalized spacial score (nSPS) is 11.2. The van der Waals surface area contributed by atoms with Gasteiger partial charge in [0.15, 0.2) is 17.2 Å². The van der Waals surface area contributed by atoms with Crippen LogP contribution in [0.5, 0.6) is 11.5 Å². The van der Waals surface area contributed by atoms with E-state index < -0.39 is 11.4 Å². The van der Waals surface area contributed by atoms with Gasteiger partial charge in [0.25, 0.3) is 5.91 Å². The molecule has 186 valence electrons. The van der Waals surface area contributed by atoms with Crippen LogP contribution in [0.1, 0.15) is 40.3 Å². The topological polar surface area (TPSA) is 103 Å². The van der Waals surface area contributed by atoms with Gasteiger partial charge in [-0.3, -0.25) is 9.89 Å². The van der Waals surface area contributed by atoms with E-state index in [4.69, 9.17) is 25.8 Å². The van der Waals surface area contributed by atoms with Crippen molar-refractivity contribution < 1.29 is 23.8 Å². The number of hydrogen-bond donors (Lipinski definition) is 2. The van der Waals surface area contributed by atoms with Crippen molar-refractivity contribution in [1.82, 2.24) is 10.2 Å². The van der Waals surface area contributed by atoms with Crippen LogP contribution >= 0.6 is 11.6 Å². The molecule has 0 radical (unpaired) electrons. The number of halogens is 1. The summed E-state index contributed by atoms with van der Waals surface area (Å²) < 4.78 is 16.1. The number of nitrogens with zero attached hydrogens (tertiary/aromatic N) is 1. The van der Waals surface area contributed by atoms with Crippen LogP contribution in [0.25, 0.3) is 10.9 Å².